The Hall–Kier alpha value is -0.610. The second kappa shape index (κ2) is 5.64. The third-order valence-electron chi connectivity index (χ3n) is 3.25. The molecule has 0 saturated carbocycles. The van der Waals surface area contributed by atoms with Gasteiger partial charge < -0.3 is 10.2 Å². The number of carbonyl (C=O) groups excluding carboxylic acids is 1. The molecule has 0 aromatic heterocycles. The first-order valence-electron chi connectivity index (χ1n) is 6.12. The highest BCUT2D eigenvalue weighted by atomic mass is 16.2. The Morgan fingerprint density at radius 1 is 1.50 bits per heavy atom. The molecule has 1 N–H and O–H groups in total. The van der Waals surface area contributed by atoms with Crippen LogP contribution in [0, 0.1) is 5.92 Å². The van der Waals surface area contributed by atoms with Crippen LogP contribution < -0.4 is 5.32 Å². The number of rotatable bonds is 4. The topological polar surface area (TPSA) is 35.6 Å². The van der Waals surface area contributed by atoms with E-state index < -0.39 is 0 Å². The van der Waals surface area contributed by atoms with Crippen molar-refractivity contribution in [1.29, 1.82) is 0 Å². The largest absolute Gasteiger partial charge is 0.339 e. The summed E-state index contributed by atoms with van der Waals surface area (Å²) < 4.78 is 0. The minimum absolute atomic E-state index is 0.00694. The lowest BCUT2D eigenvalue weighted by molar-refractivity contribution is -0.143. The zero-order valence-electron chi connectivity index (χ0n) is 11.2. The van der Waals surface area contributed by atoms with Crippen LogP contribution >= 0.6 is 0 Å². The predicted molar refractivity (Wildman–Crippen MR) is 66.4 cm³/mol. The van der Waals surface area contributed by atoms with Crippen molar-refractivity contribution >= 4 is 5.91 Å². The number of hydrogen-bond donors (Lipinski definition) is 1. The summed E-state index contributed by atoms with van der Waals surface area (Å²) in [5.74, 6) is 0.804. The van der Waals surface area contributed by atoms with Gasteiger partial charge >= 0.3 is 0 Å². The molecule has 0 aromatic rings. The summed E-state index contributed by atoms with van der Waals surface area (Å²) in [5.41, 5.74) is 0. The molecule has 0 spiro atoms. The van der Waals surface area contributed by atoms with Crippen molar-refractivity contribution in [3.05, 3.63) is 0 Å². The lowest BCUT2D eigenvalue weighted by Gasteiger charge is -2.43. The van der Waals surface area contributed by atoms with Crippen molar-refractivity contribution in [2.45, 2.75) is 32.9 Å². The maximum absolute atomic E-state index is 12.3. The average Bonchev–Trinajstić information content (AvgIpc) is 2.20. The second-order valence-electron chi connectivity index (χ2n) is 5.23. The van der Waals surface area contributed by atoms with E-state index in [0.29, 0.717) is 12.0 Å². The summed E-state index contributed by atoms with van der Waals surface area (Å²) in [6.45, 7) is 8.95. The summed E-state index contributed by atoms with van der Waals surface area (Å²) in [7, 11) is 3.93. The molecular formula is C12H25N3O. The molecule has 0 aromatic carbocycles. The molecule has 0 aliphatic carbocycles. The van der Waals surface area contributed by atoms with Crippen molar-refractivity contribution in [1.82, 2.24) is 15.1 Å². The summed E-state index contributed by atoms with van der Waals surface area (Å²) in [6.07, 6.45) is 0. The van der Waals surface area contributed by atoms with Gasteiger partial charge in [0.05, 0.1) is 0 Å². The van der Waals surface area contributed by atoms with E-state index in [2.05, 4.69) is 31.0 Å². The van der Waals surface area contributed by atoms with Crippen molar-refractivity contribution in [3.8, 4) is 0 Å². The fraction of sp³-hybridized carbons (Fsp3) is 0.917. The van der Waals surface area contributed by atoms with Gasteiger partial charge in [-0.15, -0.1) is 0 Å². The number of piperazine rings is 1. The number of likely N-dealkylation sites (N-methyl/N-ethyl adjacent to an activating group) is 2. The van der Waals surface area contributed by atoms with Crippen LogP contribution in [-0.2, 0) is 4.79 Å². The van der Waals surface area contributed by atoms with Gasteiger partial charge in [0.15, 0.2) is 0 Å². The van der Waals surface area contributed by atoms with Crippen LogP contribution in [-0.4, -0.2) is 61.5 Å². The molecule has 1 amide bonds. The first kappa shape index (κ1) is 13.5. The summed E-state index contributed by atoms with van der Waals surface area (Å²) >= 11 is 0. The molecule has 1 heterocycles. The summed E-state index contributed by atoms with van der Waals surface area (Å²) in [4.78, 5) is 16.4. The van der Waals surface area contributed by atoms with Crippen LogP contribution in [0.3, 0.4) is 0 Å². The van der Waals surface area contributed by atoms with Crippen molar-refractivity contribution in [2.75, 3.05) is 33.7 Å². The smallest absolute Gasteiger partial charge is 0.241 e. The first-order chi connectivity index (χ1) is 7.47. The Morgan fingerprint density at radius 3 is 2.62 bits per heavy atom. The Labute approximate surface area is 99.0 Å². The van der Waals surface area contributed by atoms with E-state index in [1.807, 2.05) is 19.0 Å². The highest BCUT2D eigenvalue weighted by Crippen LogP contribution is 2.16. The van der Waals surface area contributed by atoms with E-state index in [1.54, 1.807) is 0 Å². The molecule has 16 heavy (non-hydrogen) atoms. The molecule has 0 bridgehead atoms. The molecule has 2 unspecified atom stereocenters. The molecule has 1 rings (SSSR count). The molecule has 1 saturated heterocycles. The molecule has 1 aliphatic heterocycles. The maximum atomic E-state index is 12.3. The first-order valence-corrected chi connectivity index (χ1v) is 6.12. The Bertz CT molecular complexity index is 242. The van der Waals surface area contributed by atoms with Crippen molar-refractivity contribution in [3.63, 3.8) is 0 Å². The van der Waals surface area contributed by atoms with Gasteiger partial charge in [0, 0.05) is 25.7 Å². The standard InChI is InChI=1S/C12H25N3O/c1-9(2)7-15-8-10(3)14(5)11(6-13-4)12(15)16/h9-11,13H,6-8H2,1-5H3. The average molecular weight is 227 g/mol. The number of carbonyl (C=O) groups is 1. The number of hydrogen-bond acceptors (Lipinski definition) is 3. The molecule has 4 nitrogen and oxygen atoms in total. The molecule has 4 heteroatoms. The lowest BCUT2D eigenvalue weighted by Crippen LogP contribution is -2.62. The highest BCUT2D eigenvalue weighted by molar-refractivity contribution is 5.83. The number of nitrogens with one attached hydrogen (secondary N) is 1. The van der Waals surface area contributed by atoms with E-state index in [4.69, 9.17) is 0 Å². The highest BCUT2D eigenvalue weighted by Gasteiger charge is 2.35. The van der Waals surface area contributed by atoms with Crippen LogP contribution in [0.4, 0.5) is 0 Å². The van der Waals surface area contributed by atoms with Gasteiger partial charge in [0.2, 0.25) is 5.91 Å². The van der Waals surface area contributed by atoms with Gasteiger partial charge in [-0.05, 0) is 26.9 Å². The van der Waals surface area contributed by atoms with Crippen LogP contribution in [0.2, 0.25) is 0 Å². The minimum atomic E-state index is -0.00694. The third kappa shape index (κ3) is 2.95. The van der Waals surface area contributed by atoms with Crippen molar-refractivity contribution < 1.29 is 4.79 Å². The third-order valence-corrected chi connectivity index (χ3v) is 3.25. The number of nitrogens with zero attached hydrogens (tertiary/aromatic N) is 2. The molecule has 94 valence electrons. The Balaban J connectivity index is 2.72. The summed E-state index contributed by atoms with van der Waals surface area (Å²) in [6, 6.07) is 0.433. The van der Waals surface area contributed by atoms with Gasteiger partial charge in [-0.3, -0.25) is 9.69 Å². The molecular weight excluding hydrogens is 202 g/mol. The van der Waals surface area contributed by atoms with E-state index >= 15 is 0 Å². The Kier molecular flexibility index (Phi) is 4.74. The zero-order chi connectivity index (χ0) is 12.3. The monoisotopic (exact) mass is 227 g/mol. The van der Waals surface area contributed by atoms with Crippen LogP contribution in [0.1, 0.15) is 20.8 Å². The van der Waals surface area contributed by atoms with Gasteiger partial charge in [-0.2, -0.15) is 0 Å². The van der Waals surface area contributed by atoms with Crippen molar-refractivity contribution in [2.24, 2.45) is 5.92 Å². The fourth-order valence-corrected chi connectivity index (χ4v) is 2.26. The predicted octanol–water partition coefficient (Wildman–Crippen LogP) is 0.393. The summed E-state index contributed by atoms with van der Waals surface area (Å²) in [5, 5.41) is 3.10. The fourth-order valence-electron chi connectivity index (χ4n) is 2.26. The maximum Gasteiger partial charge on any atom is 0.241 e. The number of amides is 1. The van der Waals surface area contributed by atoms with Crippen LogP contribution in [0.25, 0.3) is 0 Å². The molecule has 1 aliphatic rings. The van der Waals surface area contributed by atoms with E-state index in [1.165, 1.54) is 0 Å². The minimum Gasteiger partial charge on any atom is -0.339 e. The van der Waals surface area contributed by atoms with Crippen LogP contribution in [0.5, 0.6) is 0 Å². The SMILES string of the molecule is CNCC1C(=O)N(CC(C)C)CC(C)N1C. The molecule has 1 fully saturated rings. The van der Waals surface area contributed by atoms with Gasteiger partial charge in [-0.25, -0.2) is 0 Å². The van der Waals surface area contributed by atoms with E-state index in [9.17, 15) is 4.79 Å². The van der Waals surface area contributed by atoms with Gasteiger partial charge in [0.1, 0.15) is 6.04 Å². The van der Waals surface area contributed by atoms with Gasteiger partial charge in [-0.1, -0.05) is 13.8 Å². The quantitative estimate of drug-likeness (QED) is 0.755. The molecule has 0 radical (unpaired) electrons. The lowest BCUT2D eigenvalue weighted by atomic mass is 10.1. The molecule has 2 atom stereocenters. The zero-order valence-corrected chi connectivity index (χ0v) is 11.2. The Morgan fingerprint density at radius 2 is 2.12 bits per heavy atom. The van der Waals surface area contributed by atoms with E-state index in [0.717, 1.165) is 19.6 Å². The van der Waals surface area contributed by atoms with Crippen LogP contribution in [0.15, 0.2) is 0 Å². The van der Waals surface area contributed by atoms with Gasteiger partial charge in [0.25, 0.3) is 0 Å². The van der Waals surface area contributed by atoms with E-state index in [-0.39, 0.29) is 11.9 Å². The second-order valence-corrected chi connectivity index (χ2v) is 5.23. The normalized spacial score (nSPS) is 27.9.